The van der Waals surface area contributed by atoms with Gasteiger partial charge < -0.3 is 24.6 Å². The molecule has 5 nitrogen and oxygen atoms in total. The summed E-state index contributed by atoms with van der Waals surface area (Å²) in [7, 11) is 3.38. The second-order valence-corrected chi connectivity index (χ2v) is 9.23. The summed E-state index contributed by atoms with van der Waals surface area (Å²) in [6.07, 6.45) is 2.57. The number of rotatable bonds is 12. The lowest BCUT2D eigenvalue weighted by atomic mass is 9.93. The highest BCUT2D eigenvalue weighted by molar-refractivity contribution is 5.37. The van der Waals surface area contributed by atoms with Crippen LogP contribution >= 0.6 is 0 Å². The van der Waals surface area contributed by atoms with Gasteiger partial charge in [-0.25, -0.2) is 0 Å². The van der Waals surface area contributed by atoms with Gasteiger partial charge in [-0.05, 0) is 69.2 Å². The summed E-state index contributed by atoms with van der Waals surface area (Å²) in [5.41, 5.74) is 3.29. The molecule has 0 saturated heterocycles. The lowest BCUT2D eigenvalue weighted by molar-refractivity contribution is -0.0219. The Bertz CT molecular complexity index is 847. The first-order valence-electron chi connectivity index (χ1n) is 11.1. The number of benzene rings is 2. The molecule has 0 aromatic heterocycles. The van der Waals surface area contributed by atoms with Gasteiger partial charge in [-0.1, -0.05) is 30.3 Å². The van der Waals surface area contributed by atoms with Crippen LogP contribution in [0, 0.1) is 12.8 Å². The van der Waals surface area contributed by atoms with E-state index in [0.717, 1.165) is 41.9 Å². The maximum Gasteiger partial charge on any atom is 0.124 e. The van der Waals surface area contributed by atoms with E-state index in [4.69, 9.17) is 14.2 Å². The predicted molar refractivity (Wildman–Crippen MR) is 124 cm³/mol. The van der Waals surface area contributed by atoms with Gasteiger partial charge >= 0.3 is 0 Å². The number of aryl methyl sites for hydroxylation is 1. The third-order valence-corrected chi connectivity index (χ3v) is 5.89. The summed E-state index contributed by atoms with van der Waals surface area (Å²) in [4.78, 5) is 0. The average molecular weight is 428 g/mol. The molecule has 2 atom stereocenters. The molecule has 170 valence electrons. The molecule has 0 radical (unpaired) electrons. The highest BCUT2D eigenvalue weighted by Gasteiger charge is 2.35. The van der Waals surface area contributed by atoms with Gasteiger partial charge in [-0.2, -0.15) is 0 Å². The van der Waals surface area contributed by atoms with Crippen LogP contribution in [0.15, 0.2) is 42.5 Å². The molecule has 31 heavy (non-hydrogen) atoms. The van der Waals surface area contributed by atoms with Crippen LogP contribution in [0.5, 0.6) is 11.5 Å². The molecule has 2 aromatic carbocycles. The average Bonchev–Trinajstić information content (AvgIpc) is 3.58. The van der Waals surface area contributed by atoms with E-state index in [9.17, 15) is 5.11 Å². The smallest absolute Gasteiger partial charge is 0.124 e. The number of aliphatic hydroxyl groups excluding tert-OH is 1. The monoisotopic (exact) mass is 427 g/mol. The van der Waals surface area contributed by atoms with E-state index in [1.807, 2.05) is 24.3 Å². The fourth-order valence-electron chi connectivity index (χ4n) is 4.07. The molecule has 1 saturated carbocycles. The number of hydrogen-bond donors (Lipinski definition) is 2. The van der Waals surface area contributed by atoms with Crippen LogP contribution in [0.3, 0.4) is 0 Å². The van der Waals surface area contributed by atoms with Gasteiger partial charge in [0.25, 0.3) is 0 Å². The van der Waals surface area contributed by atoms with E-state index in [1.54, 1.807) is 14.2 Å². The van der Waals surface area contributed by atoms with Gasteiger partial charge in [-0.3, -0.25) is 0 Å². The molecular weight excluding hydrogens is 390 g/mol. The minimum absolute atomic E-state index is 0.0268. The first-order chi connectivity index (χ1) is 14.8. The Balaban J connectivity index is 1.51. The Morgan fingerprint density at radius 3 is 2.42 bits per heavy atom. The maximum atomic E-state index is 10.6. The van der Waals surface area contributed by atoms with Crippen molar-refractivity contribution in [2.75, 3.05) is 27.4 Å². The molecule has 0 bridgehead atoms. The Morgan fingerprint density at radius 1 is 1.06 bits per heavy atom. The van der Waals surface area contributed by atoms with Crippen LogP contribution in [-0.2, 0) is 11.2 Å². The SMILES string of the molecule is COc1ccc(CC(C)(C)NCC(O)COC(c2ccccc2OC)C2CC2)cc1C. The van der Waals surface area contributed by atoms with E-state index < -0.39 is 6.10 Å². The van der Waals surface area contributed by atoms with Crippen molar-refractivity contribution in [3.63, 3.8) is 0 Å². The quantitative estimate of drug-likeness (QED) is 0.524. The molecule has 2 aromatic rings. The summed E-state index contributed by atoms with van der Waals surface area (Å²) in [5, 5.41) is 14.1. The lowest BCUT2D eigenvalue weighted by Gasteiger charge is -2.29. The van der Waals surface area contributed by atoms with Gasteiger partial charge in [0.2, 0.25) is 0 Å². The second-order valence-electron chi connectivity index (χ2n) is 9.23. The number of para-hydroxylation sites is 1. The van der Waals surface area contributed by atoms with E-state index in [2.05, 4.69) is 44.3 Å². The third kappa shape index (κ3) is 6.70. The van der Waals surface area contributed by atoms with Crippen molar-refractivity contribution in [3.8, 4) is 11.5 Å². The van der Waals surface area contributed by atoms with Gasteiger partial charge in [0.05, 0.1) is 33.0 Å². The summed E-state index contributed by atoms with van der Waals surface area (Å²) < 4.78 is 17.1. The highest BCUT2D eigenvalue weighted by atomic mass is 16.5. The largest absolute Gasteiger partial charge is 0.496 e. The van der Waals surface area contributed by atoms with Gasteiger partial charge in [0.1, 0.15) is 11.5 Å². The minimum Gasteiger partial charge on any atom is -0.496 e. The fraction of sp³-hybridized carbons (Fsp3) is 0.538. The van der Waals surface area contributed by atoms with Crippen LogP contribution < -0.4 is 14.8 Å². The molecule has 0 spiro atoms. The van der Waals surface area contributed by atoms with Crippen molar-refractivity contribution >= 4 is 0 Å². The maximum absolute atomic E-state index is 10.6. The third-order valence-electron chi connectivity index (χ3n) is 5.89. The van der Waals surface area contributed by atoms with Crippen LogP contribution in [-0.4, -0.2) is 44.1 Å². The van der Waals surface area contributed by atoms with Gasteiger partial charge in [0.15, 0.2) is 0 Å². The van der Waals surface area contributed by atoms with Crippen molar-refractivity contribution in [1.29, 1.82) is 0 Å². The van der Waals surface area contributed by atoms with Crippen molar-refractivity contribution < 1.29 is 19.3 Å². The molecule has 3 rings (SSSR count). The Hall–Kier alpha value is -2.08. The zero-order valence-corrected chi connectivity index (χ0v) is 19.5. The van der Waals surface area contributed by atoms with E-state index in [1.165, 1.54) is 5.56 Å². The fourth-order valence-corrected chi connectivity index (χ4v) is 4.07. The van der Waals surface area contributed by atoms with Crippen LogP contribution in [0.25, 0.3) is 0 Å². The molecular formula is C26H37NO4. The molecule has 0 heterocycles. The van der Waals surface area contributed by atoms with Gasteiger partial charge in [0, 0.05) is 17.6 Å². The number of hydrogen-bond acceptors (Lipinski definition) is 5. The summed E-state index contributed by atoms with van der Waals surface area (Å²) in [6.45, 7) is 7.14. The second kappa shape index (κ2) is 10.5. The topological polar surface area (TPSA) is 60.0 Å². The molecule has 1 aliphatic carbocycles. The van der Waals surface area contributed by atoms with E-state index >= 15 is 0 Å². The molecule has 0 amide bonds. The number of nitrogens with one attached hydrogen (secondary N) is 1. The number of aliphatic hydroxyl groups is 1. The van der Waals surface area contributed by atoms with Gasteiger partial charge in [-0.15, -0.1) is 0 Å². The zero-order chi connectivity index (χ0) is 22.4. The molecule has 1 fully saturated rings. The van der Waals surface area contributed by atoms with E-state index in [-0.39, 0.29) is 11.6 Å². The summed E-state index contributed by atoms with van der Waals surface area (Å²) >= 11 is 0. The number of methoxy groups -OCH3 is 2. The van der Waals surface area contributed by atoms with Crippen LogP contribution in [0.2, 0.25) is 0 Å². The molecule has 0 aliphatic heterocycles. The summed E-state index contributed by atoms with van der Waals surface area (Å²) in [5.74, 6) is 2.26. The first-order valence-corrected chi connectivity index (χ1v) is 11.1. The standard InChI is InChI=1S/C26H37NO4/c1-18-14-19(10-13-23(18)29-4)15-26(2,3)27-16-21(28)17-31-25(20-11-12-20)22-8-6-7-9-24(22)30-5/h6-10,13-14,20-21,25,27-28H,11-12,15-17H2,1-5H3. The Kier molecular flexibility index (Phi) is 7.98. The Morgan fingerprint density at radius 2 is 1.77 bits per heavy atom. The highest BCUT2D eigenvalue weighted by Crippen LogP contribution is 2.45. The molecule has 2 N–H and O–H groups in total. The number of ether oxygens (including phenoxy) is 3. The number of β-amino-alcohol motifs (C(OH)–C–C–N with tert-alkyl or cyclic N) is 1. The lowest BCUT2D eigenvalue weighted by Crippen LogP contribution is -2.46. The zero-order valence-electron chi connectivity index (χ0n) is 19.5. The van der Waals surface area contributed by atoms with Crippen molar-refractivity contribution in [3.05, 3.63) is 59.2 Å². The van der Waals surface area contributed by atoms with E-state index in [0.29, 0.717) is 19.1 Å². The molecule has 2 unspecified atom stereocenters. The normalized spacial score (nSPS) is 16.1. The minimum atomic E-state index is -0.576. The van der Waals surface area contributed by atoms with Crippen molar-refractivity contribution in [1.82, 2.24) is 5.32 Å². The summed E-state index contributed by atoms with van der Waals surface area (Å²) in [6, 6.07) is 14.3. The Labute approximate surface area is 186 Å². The van der Waals surface area contributed by atoms with Crippen LogP contribution in [0.1, 0.15) is 49.5 Å². The van der Waals surface area contributed by atoms with Crippen molar-refractivity contribution in [2.45, 2.75) is 57.8 Å². The van der Waals surface area contributed by atoms with Crippen molar-refractivity contribution in [2.24, 2.45) is 5.92 Å². The first kappa shape index (κ1) is 23.6. The van der Waals surface area contributed by atoms with Crippen LogP contribution in [0.4, 0.5) is 0 Å². The molecule has 5 heteroatoms. The predicted octanol–water partition coefficient (Wildman–Crippen LogP) is 4.45. The molecule has 1 aliphatic rings.